The number of amides is 1. The first-order valence-electron chi connectivity index (χ1n) is 9.60. The molecule has 0 spiro atoms. The van der Waals surface area contributed by atoms with Gasteiger partial charge in [-0.2, -0.15) is 0 Å². The van der Waals surface area contributed by atoms with Crippen LogP contribution >= 0.6 is 0 Å². The molecule has 4 heteroatoms. The number of carboxylic acids is 1. The van der Waals surface area contributed by atoms with E-state index in [4.69, 9.17) is 0 Å². The third-order valence-corrected chi connectivity index (χ3v) is 7.57. The summed E-state index contributed by atoms with van der Waals surface area (Å²) < 4.78 is 0. The van der Waals surface area contributed by atoms with Crippen LogP contribution in [0.5, 0.6) is 0 Å². The zero-order chi connectivity index (χ0) is 17.2. The van der Waals surface area contributed by atoms with Gasteiger partial charge in [0, 0.05) is 18.4 Å². The summed E-state index contributed by atoms with van der Waals surface area (Å²) in [6.07, 6.45) is 8.63. The summed E-state index contributed by atoms with van der Waals surface area (Å²) in [5.41, 5.74) is 0.844. The number of rotatable bonds is 4. The highest BCUT2D eigenvalue weighted by Crippen LogP contribution is 2.59. The van der Waals surface area contributed by atoms with Crippen LogP contribution in [0, 0.1) is 17.8 Å². The monoisotopic (exact) mass is 339 g/mol. The molecular weight excluding hydrogens is 314 g/mol. The number of hydrogen-bond donors (Lipinski definition) is 1. The Hall–Kier alpha value is -1.84. The van der Waals surface area contributed by atoms with E-state index in [-0.39, 0.29) is 5.54 Å². The first-order valence-corrected chi connectivity index (χ1v) is 9.60. The van der Waals surface area contributed by atoms with Crippen LogP contribution in [0.1, 0.15) is 49.7 Å². The first-order chi connectivity index (χ1) is 12.0. The molecular formula is C21H25NO3. The van der Waals surface area contributed by atoms with Gasteiger partial charge in [0.1, 0.15) is 5.54 Å². The molecule has 5 aliphatic rings. The number of fused-ring (bicyclic) bond motifs is 1. The Balaban J connectivity index is 1.57. The zero-order valence-corrected chi connectivity index (χ0v) is 14.5. The van der Waals surface area contributed by atoms with Crippen LogP contribution in [0.3, 0.4) is 0 Å². The lowest BCUT2D eigenvalue weighted by atomic mass is 9.52. The van der Waals surface area contributed by atoms with Gasteiger partial charge in [-0.05, 0) is 67.4 Å². The van der Waals surface area contributed by atoms with Gasteiger partial charge in [0.25, 0.3) is 0 Å². The summed E-state index contributed by atoms with van der Waals surface area (Å²) in [4.78, 5) is 26.6. The van der Waals surface area contributed by atoms with Gasteiger partial charge in [0.2, 0.25) is 6.41 Å². The maximum absolute atomic E-state index is 12.5. The van der Waals surface area contributed by atoms with Crippen molar-refractivity contribution >= 4 is 12.4 Å². The minimum atomic E-state index is -1.10. The van der Waals surface area contributed by atoms with E-state index in [0.29, 0.717) is 30.6 Å². The fourth-order valence-electron chi connectivity index (χ4n) is 7.05. The molecule has 6 rings (SSSR count). The number of nitrogens with zero attached hydrogens (tertiary/aromatic N) is 1. The number of carboxylic acid groups (broad SMARTS) is 1. The average molecular weight is 339 g/mol. The summed E-state index contributed by atoms with van der Waals surface area (Å²) in [5, 5.41) is 10.2. The minimum absolute atomic E-state index is 0.225. The van der Waals surface area contributed by atoms with E-state index in [2.05, 4.69) is 0 Å². The largest absolute Gasteiger partial charge is 0.479 e. The smallest absolute Gasteiger partial charge is 0.330 e. The van der Waals surface area contributed by atoms with Gasteiger partial charge in [0.15, 0.2) is 0 Å². The second-order valence-corrected chi connectivity index (χ2v) is 9.08. The third-order valence-electron chi connectivity index (χ3n) is 7.57. The molecule has 4 fully saturated rings. The van der Waals surface area contributed by atoms with Crippen LogP contribution in [0.15, 0.2) is 24.3 Å². The molecule has 25 heavy (non-hydrogen) atoms. The topological polar surface area (TPSA) is 57.6 Å². The van der Waals surface area contributed by atoms with Crippen molar-refractivity contribution in [3.8, 4) is 0 Å². The molecule has 0 saturated heterocycles. The Morgan fingerprint density at radius 1 is 1.00 bits per heavy atom. The molecule has 4 nitrogen and oxygen atoms in total. The van der Waals surface area contributed by atoms with E-state index < -0.39 is 11.5 Å². The third kappa shape index (κ3) is 2.06. The zero-order valence-electron chi connectivity index (χ0n) is 14.5. The summed E-state index contributed by atoms with van der Waals surface area (Å²) in [6.45, 7) is 0. The summed E-state index contributed by atoms with van der Waals surface area (Å²) in [7, 11) is 0. The summed E-state index contributed by atoms with van der Waals surface area (Å²) in [5.74, 6) is 1.21. The Bertz CT molecular complexity index is 680. The average Bonchev–Trinajstić information content (AvgIpc) is 2.94. The molecule has 0 heterocycles. The van der Waals surface area contributed by atoms with E-state index >= 15 is 0 Å². The molecule has 132 valence electrons. The van der Waals surface area contributed by atoms with E-state index in [1.54, 1.807) is 4.90 Å². The lowest BCUT2D eigenvalue weighted by molar-refractivity contribution is -0.174. The highest BCUT2D eigenvalue weighted by Gasteiger charge is 2.60. The predicted molar refractivity (Wildman–Crippen MR) is 93.0 cm³/mol. The van der Waals surface area contributed by atoms with Crippen LogP contribution in [-0.4, -0.2) is 33.5 Å². The van der Waals surface area contributed by atoms with Crippen LogP contribution in [-0.2, 0) is 22.4 Å². The standard InChI is InChI=1S/C21H25NO3/c23-13-22(20-8-14-5-15(9-20)7-16(6-14)10-20)21(19(24)25)11-17-3-1-2-4-18(17)12-21/h1-4,13-16H,5-12H2,(H,24,25). The highest BCUT2D eigenvalue weighted by atomic mass is 16.4. The van der Waals surface area contributed by atoms with Crippen molar-refractivity contribution in [1.29, 1.82) is 0 Å². The van der Waals surface area contributed by atoms with Crippen molar-refractivity contribution in [3.63, 3.8) is 0 Å². The quantitative estimate of drug-likeness (QED) is 0.858. The molecule has 1 aromatic carbocycles. The maximum Gasteiger partial charge on any atom is 0.330 e. The molecule has 4 bridgehead atoms. The van der Waals surface area contributed by atoms with Crippen molar-refractivity contribution < 1.29 is 14.7 Å². The van der Waals surface area contributed by atoms with E-state index in [1.807, 2.05) is 24.3 Å². The number of aliphatic carboxylic acids is 1. The van der Waals surface area contributed by atoms with Gasteiger partial charge < -0.3 is 10.0 Å². The summed E-state index contributed by atoms with van der Waals surface area (Å²) >= 11 is 0. The minimum Gasteiger partial charge on any atom is -0.479 e. The fraction of sp³-hybridized carbons (Fsp3) is 0.619. The molecule has 0 atom stereocenters. The number of carbonyl (C=O) groups is 2. The normalized spacial score (nSPS) is 36.9. The van der Waals surface area contributed by atoms with Crippen molar-refractivity contribution in [2.45, 2.75) is 62.4 Å². The molecule has 1 aromatic rings. The van der Waals surface area contributed by atoms with Crippen LogP contribution in [0.25, 0.3) is 0 Å². The molecule has 0 unspecified atom stereocenters. The predicted octanol–water partition coefficient (Wildman–Crippen LogP) is 3.04. The van der Waals surface area contributed by atoms with Gasteiger partial charge in [-0.1, -0.05) is 24.3 Å². The molecule has 5 aliphatic carbocycles. The van der Waals surface area contributed by atoms with E-state index in [9.17, 15) is 14.7 Å². The Labute approximate surface area is 148 Å². The Morgan fingerprint density at radius 3 is 1.88 bits per heavy atom. The molecule has 0 radical (unpaired) electrons. The molecule has 0 aromatic heterocycles. The first kappa shape index (κ1) is 15.4. The second-order valence-electron chi connectivity index (χ2n) is 9.08. The molecule has 1 amide bonds. The molecule has 1 N–H and O–H groups in total. The van der Waals surface area contributed by atoms with Crippen molar-refractivity contribution in [3.05, 3.63) is 35.4 Å². The van der Waals surface area contributed by atoms with Crippen molar-refractivity contribution in [2.24, 2.45) is 17.8 Å². The lowest BCUT2D eigenvalue weighted by Gasteiger charge is -2.62. The SMILES string of the molecule is O=CN(C12CC3CC(CC(C3)C1)C2)C1(C(=O)O)Cc2ccccc2C1. The van der Waals surface area contributed by atoms with E-state index in [1.165, 1.54) is 19.3 Å². The fourth-order valence-corrected chi connectivity index (χ4v) is 7.05. The second kappa shape index (κ2) is 5.09. The maximum atomic E-state index is 12.5. The Kier molecular flexibility index (Phi) is 3.14. The lowest BCUT2D eigenvalue weighted by Crippen LogP contribution is -2.69. The number of hydrogen-bond acceptors (Lipinski definition) is 2. The molecule has 4 saturated carbocycles. The van der Waals surface area contributed by atoms with Crippen LogP contribution in [0.4, 0.5) is 0 Å². The van der Waals surface area contributed by atoms with Gasteiger partial charge in [-0.15, -0.1) is 0 Å². The van der Waals surface area contributed by atoms with E-state index in [0.717, 1.165) is 36.8 Å². The number of benzene rings is 1. The summed E-state index contributed by atoms with van der Waals surface area (Å²) in [6, 6.07) is 7.96. The number of carbonyl (C=O) groups excluding carboxylic acids is 1. The van der Waals surface area contributed by atoms with Crippen molar-refractivity contribution in [2.75, 3.05) is 0 Å². The Morgan fingerprint density at radius 2 is 1.48 bits per heavy atom. The van der Waals surface area contributed by atoms with Gasteiger partial charge >= 0.3 is 5.97 Å². The van der Waals surface area contributed by atoms with Crippen molar-refractivity contribution in [1.82, 2.24) is 4.90 Å². The van der Waals surface area contributed by atoms with Gasteiger partial charge in [0.05, 0.1) is 0 Å². The van der Waals surface area contributed by atoms with Gasteiger partial charge in [-0.3, -0.25) is 4.79 Å². The highest BCUT2D eigenvalue weighted by molar-refractivity contribution is 5.84. The van der Waals surface area contributed by atoms with Crippen LogP contribution < -0.4 is 0 Å². The van der Waals surface area contributed by atoms with Gasteiger partial charge in [-0.25, -0.2) is 4.79 Å². The van der Waals surface area contributed by atoms with Crippen LogP contribution in [0.2, 0.25) is 0 Å². The molecule has 0 aliphatic heterocycles.